The number of hydrogen-bond acceptors (Lipinski definition) is 8. The second kappa shape index (κ2) is 9.97. The number of halogens is 3. The molecule has 3 aromatic rings. The van der Waals surface area contributed by atoms with E-state index in [1.54, 1.807) is 6.92 Å². The number of phenols is 2. The minimum atomic E-state index is -4.61. The number of hydrogen-bond donors (Lipinski definition) is 3. The van der Waals surface area contributed by atoms with Crippen molar-refractivity contribution in [1.29, 1.82) is 0 Å². The Balaban J connectivity index is 1.96. The van der Waals surface area contributed by atoms with Crippen molar-refractivity contribution in [2.75, 3.05) is 7.11 Å². The van der Waals surface area contributed by atoms with Crippen LogP contribution in [0.25, 0.3) is 0 Å². The van der Waals surface area contributed by atoms with Gasteiger partial charge in [0.25, 0.3) is 0 Å². The number of phenolic OH excluding ortho intramolecular Hbond substituents is 2. The van der Waals surface area contributed by atoms with Gasteiger partial charge >= 0.3 is 12.1 Å². The molecular formula is C27H24F3NO7. The van der Waals surface area contributed by atoms with E-state index in [0.717, 1.165) is 31.4 Å². The van der Waals surface area contributed by atoms with Gasteiger partial charge in [-0.05, 0) is 37.6 Å². The summed E-state index contributed by atoms with van der Waals surface area (Å²) in [6.07, 6.45) is -4.63. The largest absolute Gasteiger partial charge is 0.507 e. The molecule has 0 amide bonds. The van der Waals surface area contributed by atoms with Crippen molar-refractivity contribution in [1.82, 2.24) is 4.98 Å². The summed E-state index contributed by atoms with van der Waals surface area (Å²) in [5.41, 5.74) is -0.0703. The molecule has 1 aliphatic rings. The molecule has 0 saturated heterocycles. The van der Waals surface area contributed by atoms with Gasteiger partial charge in [0.2, 0.25) is 0 Å². The summed E-state index contributed by atoms with van der Waals surface area (Å²) in [5.74, 6) is -3.91. The topological polar surface area (TPSA) is 126 Å². The number of aromatic nitrogens is 1. The molecule has 0 bridgehead atoms. The number of ketones is 1. The lowest BCUT2D eigenvalue weighted by Gasteiger charge is -2.25. The van der Waals surface area contributed by atoms with Gasteiger partial charge in [0.15, 0.2) is 5.78 Å². The Morgan fingerprint density at radius 1 is 1.13 bits per heavy atom. The maximum Gasteiger partial charge on any atom is 0.416 e. The predicted molar refractivity (Wildman–Crippen MR) is 127 cm³/mol. The Hall–Kier alpha value is -4.12. The number of benzene rings is 2. The van der Waals surface area contributed by atoms with Crippen molar-refractivity contribution in [3.8, 4) is 17.2 Å². The normalized spacial score (nSPS) is 15.7. The zero-order valence-electron chi connectivity index (χ0n) is 20.6. The summed E-state index contributed by atoms with van der Waals surface area (Å²) >= 11 is 0. The number of aromatic hydroxyl groups is 3. The van der Waals surface area contributed by atoms with Crippen LogP contribution in [0.1, 0.15) is 74.8 Å². The summed E-state index contributed by atoms with van der Waals surface area (Å²) in [6, 6.07) is 5.10. The third-order valence-electron chi connectivity index (χ3n) is 6.61. The molecule has 0 spiro atoms. The SMILES string of the molecule is COC(=O)C[C@@H](c1ccc(C(F)(F)F)cc1)c1c(O)c(C(C)=O)cc([C@H]2OCc3cnc(C)c(O)c32)c1O. The highest BCUT2D eigenvalue weighted by atomic mass is 19.4. The monoisotopic (exact) mass is 531 g/mol. The van der Waals surface area contributed by atoms with Gasteiger partial charge < -0.3 is 24.8 Å². The van der Waals surface area contributed by atoms with Crippen LogP contribution in [-0.2, 0) is 27.1 Å². The Morgan fingerprint density at radius 2 is 1.79 bits per heavy atom. The van der Waals surface area contributed by atoms with Gasteiger partial charge in [0.1, 0.15) is 23.4 Å². The Bertz CT molecular complexity index is 1420. The van der Waals surface area contributed by atoms with Gasteiger partial charge in [0, 0.05) is 34.4 Å². The Kier molecular flexibility index (Phi) is 7.07. The molecule has 1 aliphatic heterocycles. The van der Waals surface area contributed by atoms with Crippen LogP contribution in [0.2, 0.25) is 0 Å². The van der Waals surface area contributed by atoms with Crippen LogP contribution in [0, 0.1) is 6.92 Å². The molecule has 0 aliphatic carbocycles. The molecule has 2 heterocycles. The fourth-order valence-corrected chi connectivity index (χ4v) is 4.61. The average molecular weight is 531 g/mol. The van der Waals surface area contributed by atoms with Crippen LogP contribution in [0.3, 0.4) is 0 Å². The van der Waals surface area contributed by atoms with Crippen molar-refractivity contribution < 1.29 is 47.6 Å². The van der Waals surface area contributed by atoms with Crippen molar-refractivity contribution >= 4 is 11.8 Å². The van der Waals surface area contributed by atoms with Gasteiger partial charge in [-0.15, -0.1) is 0 Å². The van der Waals surface area contributed by atoms with Crippen LogP contribution >= 0.6 is 0 Å². The number of nitrogens with zero attached hydrogens (tertiary/aromatic N) is 1. The summed E-state index contributed by atoms with van der Waals surface area (Å²) < 4.78 is 50.0. The van der Waals surface area contributed by atoms with Gasteiger partial charge in [-0.1, -0.05) is 12.1 Å². The van der Waals surface area contributed by atoms with Crippen molar-refractivity contribution in [2.24, 2.45) is 0 Å². The Labute approximate surface area is 215 Å². The number of alkyl halides is 3. The number of ether oxygens (including phenoxy) is 2. The number of esters is 1. The minimum absolute atomic E-state index is 0.0180. The molecule has 3 N–H and O–H groups in total. The second-order valence-electron chi connectivity index (χ2n) is 8.96. The highest BCUT2D eigenvalue weighted by Gasteiger charge is 2.37. The molecule has 38 heavy (non-hydrogen) atoms. The number of fused-ring (bicyclic) bond motifs is 1. The van der Waals surface area contributed by atoms with Crippen LogP contribution in [-0.4, -0.2) is 39.2 Å². The maximum atomic E-state index is 13.2. The molecule has 4 rings (SSSR count). The molecule has 1 aromatic heterocycles. The first-order valence-electron chi connectivity index (χ1n) is 11.5. The lowest BCUT2D eigenvalue weighted by molar-refractivity contribution is -0.141. The van der Waals surface area contributed by atoms with Crippen molar-refractivity contribution in [3.05, 3.63) is 81.2 Å². The molecule has 0 fully saturated rings. The molecule has 0 radical (unpaired) electrons. The summed E-state index contributed by atoms with van der Waals surface area (Å²) in [5, 5.41) is 33.2. The Morgan fingerprint density at radius 3 is 2.37 bits per heavy atom. The van der Waals surface area contributed by atoms with E-state index in [9.17, 15) is 38.1 Å². The number of Topliss-reactive ketones (excluding diaryl/α,β-unsaturated/α-hetero) is 1. The van der Waals surface area contributed by atoms with Crippen LogP contribution < -0.4 is 0 Å². The van der Waals surface area contributed by atoms with E-state index in [1.807, 2.05) is 0 Å². The van der Waals surface area contributed by atoms with E-state index in [0.29, 0.717) is 16.8 Å². The van der Waals surface area contributed by atoms with Gasteiger partial charge in [0.05, 0.1) is 37.0 Å². The smallest absolute Gasteiger partial charge is 0.416 e. The van der Waals surface area contributed by atoms with Gasteiger partial charge in [-0.2, -0.15) is 13.2 Å². The molecular weight excluding hydrogens is 507 g/mol. The summed E-state index contributed by atoms with van der Waals surface area (Å²) in [6.45, 7) is 2.80. The zero-order chi connectivity index (χ0) is 27.9. The predicted octanol–water partition coefficient (Wildman–Crippen LogP) is 5.04. The third-order valence-corrected chi connectivity index (χ3v) is 6.61. The standard InChI is InChI=1S/C27H24F3NO7/c1-12-23(34)21-15(10-31-12)11-38-26(21)19-8-17(13(2)32)24(35)22(25(19)36)18(9-20(33)37-3)14-4-6-16(7-5-14)27(28,29)30/h4-8,10,18,26,34-36H,9,11H2,1-3H3/t18-,26+/m0/s1. The molecule has 2 atom stereocenters. The highest BCUT2D eigenvalue weighted by molar-refractivity contribution is 5.98. The second-order valence-corrected chi connectivity index (χ2v) is 8.96. The molecule has 0 unspecified atom stereocenters. The number of pyridine rings is 1. The van der Waals surface area contributed by atoms with Crippen molar-refractivity contribution in [2.45, 2.75) is 45.1 Å². The van der Waals surface area contributed by atoms with E-state index < -0.39 is 53.4 Å². The lowest BCUT2D eigenvalue weighted by atomic mass is 9.82. The minimum Gasteiger partial charge on any atom is -0.507 e. The fourth-order valence-electron chi connectivity index (χ4n) is 4.61. The van der Waals surface area contributed by atoms with E-state index in [4.69, 9.17) is 9.47 Å². The van der Waals surface area contributed by atoms with Crippen LogP contribution in [0.4, 0.5) is 13.2 Å². The van der Waals surface area contributed by atoms with E-state index in [-0.39, 0.29) is 34.6 Å². The van der Waals surface area contributed by atoms with Crippen LogP contribution in [0.15, 0.2) is 36.5 Å². The fraction of sp³-hybridized carbons (Fsp3) is 0.296. The molecule has 200 valence electrons. The summed E-state index contributed by atoms with van der Waals surface area (Å²) in [7, 11) is 1.12. The first-order chi connectivity index (χ1) is 17.8. The third kappa shape index (κ3) is 4.76. The molecule has 0 saturated carbocycles. The highest BCUT2D eigenvalue weighted by Crippen LogP contribution is 2.50. The first-order valence-corrected chi connectivity index (χ1v) is 11.5. The first kappa shape index (κ1) is 26.9. The van der Waals surface area contributed by atoms with Gasteiger partial charge in [-0.25, -0.2) is 0 Å². The lowest BCUT2D eigenvalue weighted by Crippen LogP contribution is -2.14. The molecule has 2 aromatic carbocycles. The van der Waals surface area contributed by atoms with E-state index in [2.05, 4.69) is 4.98 Å². The number of carbonyl (C=O) groups excluding carboxylic acids is 2. The zero-order valence-corrected chi connectivity index (χ0v) is 20.6. The van der Waals surface area contributed by atoms with E-state index >= 15 is 0 Å². The van der Waals surface area contributed by atoms with Crippen molar-refractivity contribution in [3.63, 3.8) is 0 Å². The average Bonchev–Trinajstić information content (AvgIpc) is 3.29. The number of rotatable bonds is 6. The number of methoxy groups -OCH3 is 1. The maximum absolute atomic E-state index is 13.2. The quantitative estimate of drug-likeness (QED) is 0.298. The molecule has 11 heteroatoms. The van der Waals surface area contributed by atoms with Gasteiger partial charge in [-0.3, -0.25) is 14.6 Å². The number of aryl methyl sites for hydroxylation is 1. The van der Waals surface area contributed by atoms with Crippen LogP contribution in [0.5, 0.6) is 17.2 Å². The molecule has 8 nitrogen and oxygen atoms in total. The number of carbonyl (C=O) groups is 2. The summed E-state index contributed by atoms with van der Waals surface area (Å²) in [4.78, 5) is 28.9. The van der Waals surface area contributed by atoms with E-state index in [1.165, 1.54) is 19.2 Å².